The maximum Gasteiger partial charge on any atom is 0.453 e. The molecule has 0 spiro atoms. The summed E-state index contributed by atoms with van der Waals surface area (Å²) in [5.41, 5.74) is 3.99. The van der Waals surface area contributed by atoms with Crippen LogP contribution in [-0.4, -0.2) is 16.1 Å². The molecule has 0 bridgehead atoms. The Kier molecular flexibility index (Phi) is 14.0. The Morgan fingerprint density at radius 3 is 0.974 bits per heavy atom. The van der Waals surface area contributed by atoms with Crippen LogP contribution in [0.5, 0.6) is 5.75 Å². The average molecular weight is 1040 g/mol. The van der Waals surface area contributed by atoms with Crippen LogP contribution in [0.1, 0.15) is 50.7 Å². The molecular formula is C70H61O3PSi2. The Morgan fingerprint density at radius 1 is 0.355 bits per heavy atom. The number of hydrogen-bond donors (Lipinski definition) is 0. The molecule has 3 nitrogen and oxygen atoms in total. The first-order valence-corrected chi connectivity index (χ1v) is 32.1. The first-order valence-electron chi connectivity index (χ1n) is 27.0. The third-order valence-corrected chi connectivity index (χ3v) is 26.1. The second-order valence-electron chi connectivity index (χ2n) is 20.0. The van der Waals surface area contributed by atoms with E-state index in [9.17, 15) is 0 Å². The Morgan fingerprint density at radius 2 is 0.658 bits per heavy atom. The van der Waals surface area contributed by atoms with E-state index in [0.29, 0.717) is 0 Å². The van der Waals surface area contributed by atoms with E-state index >= 15 is 0 Å². The molecule has 0 unspecified atom stereocenters. The first-order chi connectivity index (χ1) is 37.6. The van der Waals surface area contributed by atoms with E-state index in [1.807, 2.05) is 0 Å². The highest BCUT2D eigenvalue weighted by molar-refractivity contribution is 7.32. The van der Waals surface area contributed by atoms with Crippen LogP contribution in [0.2, 0.25) is 0 Å². The van der Waals surface area contributed by atoms with Crippen LogP contribution in [0.4, 0.5) is 0 Å². The highest BCUT2D eigenvalue weighted by Crippen LogP contribution is 2.44. The third kappa shape index (κ3) is 8.63. The van der Waals surface area contributed by atoms with Crippen LogP contribution in [0, 0.1) is 0 Å². The molecule has 12 aromatic rings. The second-order valence-corrected chi connectivity index (χ2v) is 28.5. The van der Waals surface area contributed by atoms with Gasteiger partial charge < -0.3 is 12.9 Å². The summed E-state index contributed by atoms with van der Waals surface area (Å²) in [6.07, 6.45) is 6.03. The molecule has 0 atom stereocenters. The van der Waals surface area contributed by atoms with Crippen LogP contribution in [0.15, 0.2) is 269 Å². The van der Waals surface area contributed by atoms with E-state index in [1.165, 1.54) is 42.2 Å². The predicted molar refractivity (Wildman–Crippen MR) is 328 cm³/mol. The summed E-state index contributed by atoms with van der Waals surface area (Å²) in [6, 6.07) is 96.7. The number of aryl methyl sites for hydroxylation is 2. The topological polar surface area (TPSA) is 35.5 Å². The second kappa shape index (κ2) is 21.7. The minimum Gasteiger partial charge on any atom is -0.390 e. The van der Waals surface area contributed by atoms with Crippen molar-refractivity contribution in [2.75, 3.05) is 0 Å². The number of fused-ring (bicyclic) bond motifs is 7. The molecule has 372 valence electrons. The minimum atomic E-state index is -3.31. The smallest absolute Gasteiger partial charge is 0.390 e. The van der Waals surface area contributed by atoms with Crippen molar-refractivity contribution in [3.63, 3.8) is 0 Å². The highest BCUT2D eigenvalue weighted by atomic mass is 31.1. The zero-order chi connectivity index (χ0) is 51.3. The van der Waals surface area contributed by atoms with Crippen molar-refractivity contribution in [2.45, 2.75) is 52.4 Å². The van der Waals surface area contributed by atoms with Gasteiger partial charge in [-0.3, -0.25) is 0 Å². The molecule has 0 saturated heterocycles. The van der Waals surface area contributed by atoms with E-state index in [0.717, 1.165) is 98.1 Å². The normalized spacial score (nSPS) is 11.9. The number of unbranched alkanes of at least 4 members (excludes halogenated alkanes) is 2. The molecule has 1 heterocycles. The molecular weight excluding hydrogens is 976 g/mol. The van der Waals surface area contributed by atoms with E-state index < -0.39 is 24.4 Å². The van der Waals surface area contributed by atoms with Gasteiger partial charge in [0.2, 0.25) is 0 Å². The van der Waals surface area contributed by atoms with Gasteiger partial charge in [-0.05, 0) is 99.8 Å². The molecule has 76 heavy (non-hydrogen) atoms. The van der Waals surface area contributed by atoms with Gasteiger partial charge in [-0.25, -0.2) is 0 Å². The van der Waals surface area contributed by atoms with Crippen molar-refractivity contribution in [3.8, 4) is 5.75 Å². The molecule has 0 aliphatic rings. The highest BCUT2D eigenvalue weighted by Gasteiger charge is 2.46. The Balaban J connectivity index is 1.37. The zero-order valence-electron chi connectivity index (χ0n) is 43.2. The largest absolute Gasteiger partial charge is 0.453 e. The molecule has 1 aromatic heterocycles. The fraction of sp³-hybridized carbons (Fsp3) is 0.114. The van der Waals surface area contributed by atoms with Crippen LogP contribution >= 0.6 is 8.24 Å². The lowest BCUT2D eigenvalue weighted by atomic mass is 9.98. The van der Waals surface area contributed by atoms with Crippen molar-refractivity contribution >= 4 is 109 Å². The SMILES string of the molecule is CCCCc1cccc(CCCC)c1Op1oc2c([Si](c3ccccc3)(c3ccccc3)c3ccccc3)cc3ccccc3c2c2c(o1)c([Si](c1ccccc1)(c1ccccc1)c1ccccc1)cc1ccccc12. The lowest BCUT2D eigenvalue weighted by molar-refractivity contribution is 0.489. The maximum absolute atomic E-state index is 8.08. The number of benzene rings is 11. The number of rotatable bonds is 16. The van der Waals surface area contributed by atoms with Crippen LogP contribution in [-0.2, 0) is 12.8 Å². The molecule has 0 aliphatic carbocycles. The van der Waals surface area contributed by atoms with Gasteiger partial charge in [-0.1, -0.05) is 288 Å². The van der Waals surface area contributed by atoms with Gasteiger partial charge >= 0.3 is 8.24 Å². The van der Waals surface area contributed by atoms with Gasteiger partial charge in [0.1, 0.15) is 16.9 Å². The molecule has 0 saturated carbocycles. The Labute approximate surface area is 449 Å². The van der Waals surface area contributed by atoms with Gasteiger partial charge in [0.15, 0.2) is 16.1 Å². The number of para-hydroxylation sites is 1. The van der Waals surface area contributed by atoms with Crippen LogP contribution < -0.4 is 46.0 Å². The molecule has 0 aliphatic heterocycles. The van der Waals surface area contributed by atoms with Crippen molar-refractivity contribution in [1.82, 2.24) is 0 Å². The van der Waals surface area contributed by atoms with E-state index in [2.05, 4.69) is 275 Å². The summed E-state index contributed by atoms with van der Waals surface area (Å²) in [4.78, 5) is 0. The molecule has 0 fully saturated rings. The first kappa shape index (κ1) is 49.0. The molecule has 11 aromatic carbocycles. The minimum absolute atomic E-state index is 0.807. The van der Waals surface area contributed by atoms with E-state index in [1.54, 1.807) is 0 Å². The monoisotopic (exact) mass is 1040 g/mol. The summed E-state index contributed by atoms with van der Waals surface area (Å²) < 4.78 is 23.9. The van der Waals surface area contributed by atoms with Gasteiger partial charge in [0.25, 0.3) is 0 Å². The summed E-state index contributed by atoms with van der Waals surface area (Å²) in [6.45, 7) is 4.53. The molecule has 0 amide bonds. The standard InChI is InChI=1S/C70H61O3PSi2/c1-3-5-30-52-34-29-35-53(31-6-4-2)68(52)71-74-72-69-64(75(56-36-13-7-14-37-56,57-38-15-8-16-39-57)58-40-17-9-18-41-58)50-54-32-25-27-48-62(54)66(69)67-63-49-28-26-33-55(63)51-65(70(67)73-74)76(59-42-19-10-20-43-59,60-44-21-11-22-45-60)61-46-23-12-24-47-61/h7-29,32-51H,3-6,30-31H2,1-2H3. The van der Waals surface area contributed by atoms with Crippen molar-refractivity contribution in [1.29, 1.82) is 0 Å². The van der Waals surface area contributed by atoms with Gasteiger partial charge in [0, 0.05) is 10.8 Å². The predicted octanol–water partition coefficient (Wildman–Crippen LogP) is 13.9. The molecule has 12 rings (SSSR count). The molecule has 0 N–H and O–H groups in total. The Bertz CT molecular complexity index is 3530. The van der Waals surface area contributed by atoms with Gasteiger partial charge in [0.05, 0.1) is 0 Å². The Hall–Kier alpha value is -7.93. The van der Waals surface area contributed by atoms with Crippen molar-refractivity contribution < 1.29 is 12.9 Å². The van der Waals surface area contributed by atoms with Gasteiger partial charge in [-0.2, -0.15) is 0 Å². The van der Waals surface area contributed by atoms with Gasteiger partial charge in [-0.15, -0.1) is 0 Å². The van der Waals surface area contributed by atoms with Crippen LogP contribution in [0.3, 0.4) is 0 Å². The lowest BCUT2D eigenvalue weighted by Gasteiger charge is -2.35. The third-order valence-electron chi connectivity index (χ3n) is 15.6. The van der Waals surface area contributed by atoms with Crippen LogP contribution in [0.25, 0.3) is 43.5 Å². The molecule has 6 heteroatoms. The lowest BCUT2D eigenvalue weighted by Crippen LogP contribution is -2.75. The quantitative estimate of drug-likeness (QED) is 0.0715. The summed E-state index contributed by atoms with van der Waals surface area (Å²) >= 11 is 0. The maximum atomic E-state index is 8.08. The number of hydrogen-bond acceptors (Lipinski definition) is 3. The summed E-state index contributed by atoms with van der Waals surface area (Å²) in [5.74, 6) is 0.889. The van der Waals surface area contributed by atoms with E-state index in [4.69, 9.17) is 12.9 Å². The van der Waals surface area contributed by atoms with Crippen molar-refractivity contribution in [2.24, 2.45) is 0 Å². The van der Waals surface area contributed by atoms with Crippen molar-refractivity contribution in [3.05, 3.63) is 272 Å². The zero-order valence-corrected chi connectivity index (χ0v) is 46.1. The average Bonchev–Trinajstić information content (AvgIpc) is 3.72. The van der Waals surface area contributed by atoms with E-state index in [-0.39, 0.29) is 0 Å². The fourth-order valence-electron chi connectivity index (χ4n) is 12.1. The fourth-order valence-corrected chi connectivity index (χ4v) is 23.3. The summed E-state index contributed by atoms with van der Waals surface area (Å²) in [7, 11) is -8.84. The summed E-state index contributed by atoms with van der Waals surface area (Å²) in [5, 5.41) is 16.4. The molecule has 0 radical (unpaired) electrons.